The van der Waals surface area contributed by atoms with Crippen LogP contribution in [0.1, 0.15) is 25.7 Å². The second-order valence-corrected chi connectivity index (χ2v) is 4.84. The maximum absolute atomic E-state index is 9.00. The zero-order valence-electron chi connectivity index (χ0n) is 9.65. The average molecular weight is 218 g/mol. The fourth-order valence-electron chi connectivity index (χ4n) is 2.70. The zero-order valence-corrected chi connectivity index (χ0v) is 9.65. The molecule has 0 spiro atoms. The van der Waals surface area contributed by atoms with Crippen molar-refractivity contribution in [3.8, 4) is 6.07 Å². The molecular formula is C13H18N2O. The normalized spacial score (nSPS) is 37.9. The van der Waals surface area contributed by atoms with Gasteiger partial charge in [-0.05, 0) is 49.7 Å². The number of methoxy groups -OCH3 is 1. The zero-order chi connectivity index (χ0) is 11.6. The SMILES string of the molecule is COC1=CCC([C@@H]2CC[C@](N)(C#N)C2)C=C1. The molecule has 0 aromatic carbocycles. The lowest BCUT2D eigenvalue weighted by Crippen LogP contribution is -2.35. The molecule has 0 aromatic heterocycles. The highest BCUT2D eigenvalue weighted by molar-refractivity contribution is 5.20. The Hall–Kier alpha value is -1.27. The van der Waals surface area contributed by atoms with Crippen LogP contribution in [0.2, 0.25) is 0 Å². The van der Waals surface area contributed by atoms with Gasteiger partial charge >= 0.3 is 0 Å². The van der Waals surface area contributed by atoms with E-state index in [4.69, 9.17) is 15.7 Å². The highest BCUT2D eigenvalue weighted by Gasteiger charge is 2.38. The molecule has 2 aliphatic carbocycles. The number of allylic oxidation sites excluding steroid dienone is 3. The summed E-state index contributed by atoms with van der Waals surface area (Å²) in [5.41, 5.74) is 5.40. The molecule has 0 heterocycles. The molecule has 0 bridgehead atoms. The Morgan fingerprint density at radius 3 is 2.94 bits per heavy atom. The van der Waals surface area contributed by atoms with Gasteiger partial charge in [-0.3, -0.25) is 0 Å². The first kappa shape index (κ1) is 11.2. The Morgan fingerprint density at radius 2 is 2.44 bits per heavy atom. The van der Waals surface area contributed by atoms with Crippen LogP contribution in [0.5, 0.6) is 0 Å². The summed E-state index contributed by atoms with van der Waals surface area (Å²) in [7, 11) is 1.69. The van der Waals surface area contributed by atoms with Crippen molar-refractivity contribution in [1.29, 1.82) is 5.26 Å². The lowest BCUT2D eigenvalue weighted by Gasteiger charge is -2.22. The van der Waals surface area contributed by atoms with Crippen molar-refractivity contribution in [2.75, 3.05) is 7.11 Å². The van der Waals surface area contributed by atoms with E-state index in [9.17, 15) is 0 Å². The molecule has 2 N–H and O–H groups in total. The van der Waals surface area contributed by atoms with Crippen LogP contribution in [0.4, 0.5) is 0 Å². The fraction of sp³-hybridized carbons (Fsp3) is 0.615. The highest BCUT2D eigenvalue weighted by atomic mass is 16.5. The first-order valence-electron chi connectivity index (χ1n) is 5.79. The van der Waals surface area contributed by atoms with Crippen molar-refractivity contribution in [2.24, 2.45) is 17.6 Å². The van der Waals surface area contributed by atoms with Crippen LogP contribution >= 0.6 is 0 Å². The Bertz CT molecular complexity index is 367. The molecule has 16 heavy (non-hydrogen) atoms. The first-order chi connectivity index (χ1) is 7.67. The summed E-state index contributed by atoms with van der Waals surface area (Å²) < 4.78 is 5.16. The predicted molar refractivity (Wildman–Crippen MR) is 62.2 cm³/mol. The van der Waals surface area contributed by atoms with Crippen LogP contribution in [0.3, 0.4) is 0 Å². The molecule has 3 nitrogen and oxygen atoms in total. The van der Waals surface area contributed by atoms with Gasteiger partial charge in [0.15, 0.2) is 0 Å². The van der Waals surface area contributed by atoms with Gasteiger partial charge in [0.1, 0.15) is 11.3 Å². The summed E-state index contributed by atoms with van der Waals surface area (Å²) in [6, 6.07) is 2.24. The lowest BCUT2D eigenvalue weighted by molar-refractivity contribution is 0.295. The van der Waals surface area contributed by atoms with E-state index in [2.05, 4.69) is 18.2 Å². The minimum atomic E-state index is -0.580. The van der Waals surface area contributed by atoms with Crippen LogP contribution in [-0.2, 0) is 4.74 Å². The number of hydrogen-bond donors (Lipinski definition) is 1. The molecule has 0 radical (unpaired) electrons. The minimum Gasteiger partial charge on any atom is -0.497 e. The third-order valence-electron chi connectivity index (χ3n) is 3.75. The van der Waals surface area contributed by atoms with Gasteiger partial charge in [-0.2, -0.15) is 5.26 Å². The summed E-state index contributed by atoms with van der Waals surface area (Å²) in [6.07, 6.45) is 10.1. The van der Waals surface area contributed by atoms with Gasteiger partial charge in [-0.1, -0.05) is 6.08 Å². The van der Waals surface area contributed by atoms with E-state index in [0.29, 0.717) is 11.8 Å². The Labute approximate surface area is 96.6 Å². The Kier molecular flexibility index (Phi) is 3.02. The molecule has 1 fully saturated rings. The first-order valence-corrected chi connectivity index (χ1v) is 5.79. The van der Waals surface area contributed by atoms with E-state index in [1.54, 1.807) is 7.11 Å². The van der Waals surface area contributed by atoms with E-state index >= 15 is 0 Å². The molecule has 0 aliphatic heterocycles. The molecule has 0 aromatic rings. The predicted octanol–water partition coefficient (Wildman–Crippen LogP) is 2.11. The highest BCUT2D eigenvalue weighted by Crippen LogP contribution is 2.40. The van der Waals surface area contributed by atoms with Crippen LogP contribution in [0.25, 0.3) is 0 Å². The smallest absolute Gasteiger partial charge is 0.114 e. The summed E-state index contributed by atoms with van der Waals surface area (Å²) >= 11 is 0. The number of hydrogen-bond acceptors (Lipinski definition) is 3. The Balaban J connectivity index is 1.96. The van der Waals surface area contributed by atoms with Crippen LogP contribution in [0, 0.1) is 23.2 Å². The van der Waals surface area contributed by atoms with Crippen LogP contribution in [-0.4, -0.2) is 12.6 Å². The van der Waals surface area contributed by atoms with Gasteiger partial charge in [-0.25, -0.2) is 0 Å². The summed E-state index contributed by atoms with van der Waals surface area (Å²) in [5, 5.41) is 9.00. The standard InChI is InChI=1S/C13H18N2O/c1-16-12-4-2-10(3-5-12)11-6-7-13(15,8-11)9-14/h2,4-5,10-11H,3,6-8,15H2,1H3/t10?,11-,13-/m1/s1. The van der Waals surface area contributed by atoms with Gasteiger partial charge in [0.25, 0.3) is 0 Å². The van der Waals surface area contributed by atoms with E-state index in [1.807, 2.05) is 6.08 Å². The second-order valence-electron chi connectivity index (χ2n) is 4.84. The van der Waals surface area contributed by atoms with Gasteiger partial charge < -0.3 is 10.5 Å². The summed E-state index contributed by atoms with van der Waals surface area (Å²) in [4.78, 5) is 0. The number of nitriles is 1. The van der Waals surface area contributed by atoms with Gasteiger partial charge in [-0.15, -0.1) is 0 Å². The average Bonchev–Trinajstić information content (AvgIpc) is 2.73. The van der Waals surface area contributed by atoms with Crippen molar-refractivity contribution >= 4 is 0 Å². The maximum Gasteiger partial charge on any atom is 0.114 e. The van der Waals surface area contributed by atoms with Crippen molar-refractivity contribution in [2.45, 2.75) is 31.2 Å². The number of rotatable bonds is 2. The molecule has 1 saturated carbocycles. The number of nitrogens with two attached hydrogens (primary N) is 1. The topological polar surface area (TPSA) is 59.0 Å². The van der Waals surface area contributed by atoms with E-state index < -0.39 is 5.54 Å². The van der Waals surface area contributed by atoms with Crippen LogP contribution < -0.4 is 5.73 Å². The third kappa shape index (κ3) is 2.12. The van der Waals surface area contributed by atoms with Crippen molar-refractivity contribution in [3.05, 3.63) is 24.0 Å². The molecule has 1 unspecified atom stereocenters. The fourth-order valence-corrected chi connectivity index (χ4v) is 2.70. The third-order valence-corrected chi connectivity index (χ3v) is 3.75. The maximum atomic E-state index is 9.00. The number of ether oxygens (including phenoxy) is 1. The molecular weight excluding hydrogens is 200 g/mol. The van der Waals surface area contributed by atoms with E-state index in [1.165, 1.54) is 0 Å². The molecule has 3 atom stereocenters. The molecule has 0 amide bonds. The second kappa shape index (κ2) is 4.31. The molecule has 2 rings (SSSR count). The van der Waals surface area contributed by atoms with Crippen molar-refractivity contribution in [3.63, 3.8) is 0 Å². The van der Waals surface area contributed by atoms with Crippen LogP contribution in [0.15, 0.2) is 24.0 Å². The Morgan fingerprint density at radius 1 is 1.62 bits per heavy atom. The monoisotopic (exact) mass is 218 g/mol. The van der Waals surface area contributed by atoms with Gasteiger partial charge in [0, 0.05) is 0 Å². The van der Waals surface area contributed by atoms with Gasteiger partial charge in [0.2, 0.25) is 0 Å². The summed E-state index contributed by atoms with van der Waals surface area (Å²) in [5.74, 6) is 2.02. The minimum absolute atomic E-state index is 0.526. The molecule has 86 valence electrons. The molecule has 0 saturated heterocycles. The number of nitrogens with zero attached hydrogens (tertiary/aromatic N) is 1. The van der Waals surface area contributed by atoms with Crippen molar-refractivity contribution < 1.29 is 4.74 Å². The van der Waals surface area contributed by atoms with Crippen molar-refractivity contribution in [1.82, 2.24) is 0 Å². The summed E-state index contributed by atoms with van der Waals surface area (Å²) in [6.45, 7) is 0. The quantitative estimate of drug-likeness (QED) is 0.772. The van der Waals surface area contributed by atoms with Gasteiger partial charge in [0.05, 0.1) is 13.2 Å². The largest absolute Gasteiger partial charge is 0.497 e. The molecule has 2 aliphatic rings. The van der Waals surface area contributed by atoms with E-state index in [0.717, 1.165) is 31.4 Å². The van der Waals surface area contributed by atoms with E-state index in [-0.39, 0.29) is 0 Å². The molecule has 3 heteroatoms. The lowest BCUT2D eigenvalue weighted by atomic mass is 9.84.